The van der Waals surface area contributed by atoms with Crippen LogP contribution in [0.2, 0.25) is 0 Å². The largest absolute Gasteiger partial charge is 0.497 e. The predicted molar refractivity (Wildman–Crippen MR) is 117 cm³/mol. The van der Waals surface area contributed by atoms with Gasteiger partial charge in [0.25, 0.3) is 12.0 Å². The van der Waals surface area contributed by atoms with E-state index in [9.17, 15) is 4.79 Å². The van der Waals surface area contributed by atoms with E-state index >= 15 is 0 Å². The Morgan fingerprint density at radius 3 is 2.84 bits per heavy atom. The number of nitrogens with one attached hydrogen (secondary N) is 2. The van der Waals surface area contributed by atoms with Gasteiger partial charge in [-0.05, 0) is 41.1 Å². The van der Waals surface area contributed by atoms with Crippen molar-refractivity contribution in [1.82, 2.24) is 19.2 Å². The highest BCUT2D eigenvalue weighted by atomic mass is 16.5. The molecule has 160 valence electrons. The van der Waals surface area contributed by atoms with Crippen LogP contribution in [0, 0.1) is 0 Å². The maximum absolute atomic E-state index is 13.1. The highest BCUT2D eigenvalue weighted by Gasteiger charge is 2.23. The molecule has 5 rings (SSSR count). The Hall–Kier alpha value is -3.46. The van der Waals surface area contributed by atoms with Gasteiger partial charge < -0.3 is 15.8 Å². The number of nitrogens with two attached hydrogens (primary N) is 1. The second-order valence-electron chi connectivity index (χ2n) is 8.06. The number of hydrogen-bond donors (Lipinski definition) is 2. The van der Waals surface area contributed by atoms with Crippen LogP contribution in [0.1, 0.15) is 31.2 Å². The molecule has 3 heterocycles. The fourth-order valence-electron chi connectivity index (χ4n) is 4.34. The van der Waals surface area contributed by atoms with Crippen LogP contribution in [0.3, 0.4) is 0 Å². The number of fused-ring (bicyclic) bond motifs is 3. The number of H-pyrrole nitrogens is 1. The molecule has 31 heavy (non-hydrogen) atoms. The van der Waals surface area contributed by atoms with Gasteiger partial charge in [-0.2, -0.15) is 0 Å². The van der Waals surface area contributed by atoms with Gasteiger partial charge in [0, 0.05) is 17.2 Å². The average molecular weight is 420 g/mol. The molecule has 9 heteroatoms. The number of aromatic nitrogens is 5. The molecule has 4 N–H and O–H groups in total. The minimum atomic E-state index is -0.248. The van der Waals surface area contributed by atoms with Gasteiger partial charge >= 0.3 is 5.69 Å². The molecule has 1 fully saturated rings. The van der Waals surface area contributed by atoms with Gasteiger partial charge in [0.2, 0.25) is 0 Å². The van der Waals surface area contributed by atoms with Crippen LogP contribution in [0.25, 0.3) is 16.7 Å². The second-order valence-corrected chi connectivity index (χ2v) is 8.06. The molecule has 1 aromatic carbocycles. The molecule has 0 spiro atoms. The molecule has 4 aromatic rings. The van der Waals surface area contributed by atoms with E-state index in [4.69, 9.17) is 10.5 Å². The van der Waals surface area contributed by atoms with E-state index < -0.39 is 0 Å². The van der Waals surface area contributed by atoms with Gasteiger partial charge in [0.1, 0.15) is 5.75 Å². The molecule has 0 saturated heterocycles. The van der Waals surface area contributed by atoms with E-state index in [0.717, 1.165) is 35.2 Å². The Kier molecular flexibility index (Phi) is 5.03. The molecule has 0 aliphatic heterocycles. The lowest BCUT2D eigenvalue weighted by molar-refractivity contribution is -0.345. The van der Waals surface area contributed by atoms with Crippen LogP contribution in [-0.2, 0) is 6.54 Å². The molecule has 0 amide bonds. The van der Waals surface area contributed by atoms with E-state index in [1.54, 1.807) is 17.9 Å². The van der Waals surface area contributed by atoms with Crippen molar-refractivity contribution in [3.05, 3.63) is 58.9 Å². The topological polar surface area (TPSA) is 114 Å². The normalized spacial score (nSPS) is 19.0. The molecule has 0 unspecified atom stereocenters. The fraction of sp³-hybridized carbons (Fsp3) is 0.364. The first kappa shape index (κ1) is 19.5. The zero-order valence-electron chi connectivity index (χ0n) is 17.4. The summed E-state index contributed by atoms with van der Waals surface area (Å²) in [6, 6.07) is 10.0. The number of nitrogens with zero attached hydrogens (tertiary/aromatic N) is 4. The number of aromatic amines is 1. The van der Waals surface area contributed by atoms with E-state index in [1.807, 2.05) is 30.3 Å². The summed E-state index contributed by atoms with van der Waals surface area (Å²) in [4.78, 5) is 20.9. The van der Waals surface area contributed by atoms with Crippen molar-refractivity contribution < 1.29 is 9.72 Å². The maximum Gasteiger partial charge on any atom is 0.425 e. The Morgan fingerprint density at radius 2 is 2.06 bits per heavy atom. The third kappa shape index (κ3) is 3.61. The number of ether oxygens (including phenoxy) is 1. The summed E-state index contributed by atoms with van der Waals surface area (Å²) < 4.78 is 8.25. The Bertz CT molecular complexity index is 1280. The van der Waals surface area contributed by atoms with Gasteiger partial charge in [0.05, 0.1) is 30.9 Å². The maximum atomic E-state index is 13.1. The average Bonchev–Trinajstić information content (AvgIpc) is 3.29. The Morgan fingerprint density at radius 1 is 1.26 bits per heavy atom. The summed E-state index contributed by atoms with van der Waals surface area (Å²) in [7, 11) is 1.63. The summed E-state index contributed by atoms with van der Waals surface area (Å²) in [6.45, 7) is 0.377. The number of rotatable bonds is 5. The van der Waals surface area contributed by atoms with Crippen LogP contribution < -0.4 is 26.5 Å². The lowest BCUT2D eigenvalue weighted by atomic mass is 9.91. The second kappa shape index (κ2) is 7.99. The van der Waals surface area contributed by atoms with Gasteiger partial charge in [0.15, 0.2) is 5.65 Å². The summed E-state index contributed by atoms with van der Waals surface area (Å²) in [5, 5.41) is 8.56. The molecule has 2 atom stereocenters. The zero-order valence-corrected chi connectivity index (χ0v) is 17.4. The third-order valence-electron chi connectivity index (χ3n) is 6.05. The SMILES string of the molecule is COc1ccc(Cn2c(=O)n3nc[nH+]c3c3cc(N[C@H]4CCCC[C@@H]4N)cnc32)cc1. The zero-order chi connectivity index (χ0) is 21.4. The van der Waals surface area contributed by atoms with Crippen LogP contribution in [0.5, 0.6) is 5.75 Å². The number of methoxy groups -OCH3 is 1. The summed E-state index contributed by atoms with van der Waals surface area (Å²) in [6.07, 6.45) is 7.73. The molecule has 0 radical (unpaired) electrons. The molecule has 1 aliphatic carbocycles. The van der Waals surface area contributed by atoms with Gasteiger partial charge in [-0.3, -0.25) is 4.57 Å². The lowest BCUT2D eigenvalue weighted by Gasteiger charge is -2.30. The summed E-state index contributed by atoms with van der Waals surface area (Å²) in [5.41, 5.74) is 9.14. The fourth-order valence-corrected chi connectivity index (χ4v) is 4.34. The number of benzene rings is 1. The van der Waals surface area contributed by atoms with E-state index in [-0.39, 0.29) is 17.8 Å². The van der Waals surface area contributed by atoms with Crippen molar-refractivity contribution in [1.29, 1.82) is 0 Å². The van der Waals surface area contributed by atoms with Gasteiger partial charge in [-0.15, -0.1) is 0 Å². The molecule has 9 nitrogen and oxygen atoms in total. The van der Waals surface area contributed by atoms with Crippen molar-refractivity contribution >= 4 is 22.4 Å². The quantitative estimate of drug-likeness (QED) is 0.507. The first-order valence-electron chi connectivity index (χ1n) is 10.6. The highest BCUT2D eigenvalue weighted by molar-refractivity contribution is 5.89. The molecule has 1 saturated carbocycles. The van der Waals surface area contributed by atoms with E-state index in [1.165, 1.54) is 23.7 Å². The standard InChI is InChI=1S/C22H25N7O2/c1-31-16-8-6-14(7-9-16)12-28-20-17(21-25-13-26-29(21)22(28)30)10-15(11-24-20)27-19-5-3-2-4-18(19)23/h6-11,13,18-19,27H,2-5,12,23H2,1H3/p+1/t18-,19-/m0/s1. The van der Waals surface area contributed by atoms with Crippen molar-refractivity contribution in [3.63, 3.8) is 0 Å². The first-order valence-corrected chi connectivity index (χ1v) is 10.6. The summed E-state index contributed by atoms with van der Waals surface area (Å²) >= 11 is 0. The van der Waals surface area contributed by atoms with Crippen LogP contribution >= 0.6 is 0 Å². The molecular weight excluding hydrogens is 394 g/mol. The van der Waals surface area contributed by atoms with Crippen LogP contribution in [0.15, 0.2) is 47.7 Å². The Labute approximate surface area is 178 Å². The van der Waals surface area contributed by atoms with Crippen molar-refractivity contribution in [3.8, 4) is 5.75 Å². The first-order chi connectivity index (χ1) is 15.1. The third-order valence-corrected chi connectivity index (χ3v) is 6.05. The minimum absolute atomic E-state index is 0.134. The van der Waals surface area contributed by atoms with Crippen molar-refractivity contribution in [2.45, 2.75) is 44.3 Å². The number of anilines is 1. The van der Waals surface area contributed by atoms with Crippen LogP contribution in [0.4, 0.5) is 5.69 Å². The van der Waals surface area contributed by atoms with Crippen LogP contribution in [-0.4, -0.2) is 38.4 Å². The predicted octanol–water partition coefficient (Wildman–Crippen LogP) is 1.60. The molecular formula is C22H26N7O2+. The highest BCUT2D eigenvalue weighted by Crippen LogP contribution is 2.24. The minimum Gasteiger partial charge on any atom is -0.497 e. The van der Waals surface area contributed by atoms with Crippen molar-refractivity contribution in [2.75, 3.05) is 12.4 Å². The number of pyridine rings is 1. The van der Waals surface area contributed by atoms with E-state index in [0.29, 0.717) is 17.8 Å². The van der Waals surface area contributed by atoms with Crippen molar-refractivity contribution in [2.24, 2.45) is 5.73 Å². The smallest absolute Gasteiger partial charge is 0.425 e. The molecule has 0 bridgehead atoms. The monoisotopic (exact) mass is 420 g/mol. The molecule has 3 aromatic heterocycles. The summed E-state index contributed by atoms with van der Waals surface area (Å²) in [5.74, 6) is 0.771. The van der Waals surface area contributed by atoms with Gasteiger partial charge in [-0.25, -0.2) is 14.8 Å². The molecule has 1 aliphatic rings. The van der Waals surface area contributed by atoms with Gasteiger partial charge in [-0.1, -0.05) is 25.0 Å². The lowest BCUT2D eigenvalue weighted by Crippen LogP contribution is -2.42. The Balaban J connectivity index is 1.58. The van der Waals surface area contributed by atoms with E-state index in [2.05, 4.69) is 20.4 Å². The number of hydrogen-bond acceptors (Lipinski definition) is 6.